The van der Waals surface area contributed by atoms with Crippen molar-refractivity contribution in [3.8, 4) is 16.9 Å². The van der Waals surface area contributed by atoms with Crippen molar-refractivity contribution in [3.63, 3.8) is 0 Å². The molecule has 0 N–H and O–H groups in total. The van der Waals surface area contributed by atoms with Gasteiger partial charge in [-0.1, -0.05) is 46.3 Å². The lowest BCUT2D eigenvalue weighted by molar-refractivity contribution is 0.0734. The number of allylic oxidation sites excluding steroid dienone is 1. The van der Waals surface area contributed by atoms with Crippen molar-refractivity contribution in [2.24, 2.45) is 0 Å². The highest BCUT2D eigenvalue weighted by Crippen LogP contribution is 2.39. The molecule has 0 fully saturated rings. The van der Waals surface area contributed by atoms with E-state index in [2.05, 4.69) is 40.7 Å². The molecule has 128 valence electrons. The van der Waals surface area contributed by atoms with Gasteiger partial charge in [0, 0.05) is 4.47 Å². The standard InChI is InChI=1S/C23H17BrO2/c1-2-3-15-4-6-16(7-5-15)23(25)26-20-9-11-22-18(14-20)12-17-13-19(24)8-10-21(17)22/h2,4-11,13-14H,1,3,12H2. The van der Waals surface area contributed by atoms with Crippen LogP contribution in [0.3, 0.4) is 0 Å². The van der Waals surface area contributed by atoms with Gasteiger partial charge in [0.15, 0.2) is 0 Å². The highest BCUT2D eigenvalue weighted by Gasteiger charge is 2.19. The number of carbonyl (C=O) groups is 1. The van der Waals surface area contributed by atoms with Crippen LogP contribution < -0.4 is 4.74 Å². The molecule has 0 saturated heterocycles. The van der Waals surface area contributed by atoms with Crippen LogP contribution in [0.5, 0.6) is 5.75 Å². The molecule has 0 aliphatic heterocycles. The number of hydrogen-bond acceptors (Lipinski definition) is 2. The molecule has 0 heterocycles. The summed E-state index contributed by atoms with van der Waals surface area (Å²) in [7, 11) is 0. The van der Waals surface area contributed by atoms with Gasteiger partial charge >= 0.3 is 5.97 Å². The first kappa shape index (κ1) is 16.8. The fourth-order valence-corrected chi connectivity index (χ4v) is 3.74. The van der Waals surface area contributed by atoms with Crippen molar-refractivity contribution < 1.29 is 9.53 Å². The molecule has 0 atom stereocenters. The lowest BCUT2D eigenvalue weighted by atomic mass is 10.1. The van der Waals surface area contributed by atoms with Gasteiger partial charge in [-0.3, -0.25) is 0 Å². The molecular formula is C23H17BrO2. The maximum absolute atomic E-state index is 12.4. The third-order valence-electron chi connectivity index (χ3n) is 4.60. The number of benzene rings is 3. The summed E-state index contributed by atoms with van der Waals surface area (Å²) < 4.78 is 6.66. The number of rotatable bonds is 4. The van der Waals surface area contributed by atoms with Crippen LogP contribution in [0, 0.1) is 0 Å². The van der Waals surface area contributed by atoms with E-state index in [9.17, 15) is 4.79 Å². The maximum Gasteiger partial charge on any atom is 0.343 e. The number of halogens is 1. The van der Waals surface area contributed by atoms with Gasteiger partial charge in [-0.2, -0.15) is 0 Å². The Morgan fingerprint density at radius 3 is 2.42 bits per heavy atom. The van der Waals surface area contributed by atoms with E-state index in [4.69, 9.17) is 4.74 Å². The van der Waals surface area contributed by atoms with E-state index >= 15 is 0 Å². The SMILES string of the molecule is C=CCc1ccc(C(=O)Oc2ccc3c(c2)Cc2cc(Br)ccc2-3)cc1. The molecule has 2 nitrogen and oxygen atoms in total. The van der Waals surface area contributed by atoms with E-state index in [0.29, 0.717) is 11.3 Å². The Kier molecular flexibility index (Phi) is 4.48. The van der Waals surface area contributed by atoms with Gasteiger partial charge in [0.25, 0.3) is 0 Å². The zero-order valence-electron chi connectivity index (χ0n) is 14.2. The second-order valence-electron chi connectivity index (χ2n) is 6.38. The van der Waals surface area contributed by atoms with Gasteiger partial charge in [-0.15, -0.1) is 6.58 Å². The van der Waals surface area contributed by atoms with Gasteiger partial charge < -0.3 is 4.74 Å². The van der Waals surface area contributed by atoms with Crippen molar-refractivity contribution in [2.45, 2.75) is 12.8 Å². The summed E-state index contributed by atoms with van der Waals surface area (Å²) in [6.07, 6.45) is 3.48. The minimum atomic E-state index is -0.339. The Morgan fingerprint density at radius 1 is 1.00 bits per heavy atom. The molecule has 0 amide bonds. The first-order valence-corrected chi connectivity index (χ1v) is 9.27. The fraction of sp³-hybridized carbons (Fsp3) is 0.0870. The van der Waals surface area contributed by atoms with E-state index in [1.165, 1.54) is 22.3 Å². The highest BCUT2D eigenvalue weighted by molar-refractivity contribution is 9.10. The predicted molar refractivity (Wildman–Crippen MR) is 108 cm³/mol. The monoisotopic (exact) mass is 404 g/mol. The lowest BCUT2D eigenvalue weighted by Crippen LogP contribution is -2.08. The Balaban J connectivity index is 1.53. The van der Waals surface area contributed by atoms with Crippen LogP contribution in [0.1, 0.15) is 27.0 Å². The van der Waals surface area contributed by atoms with E-state index < -0.39 is 0 Å². The van der Waals surface area contributed by atoms with E-state index in [1.807, 2.05) is 36.4 Å². The lowest BCUT2D eigenvalue weighted by Gasteiger charge is -2.07. The van der Waals surface area contributed by atoms with Crippen LogP contribution in [0.15, 0.2) is 77.8 Å². The number of esters is 1. The molecule has 1 aliphatic rings. The number of ether oxygens (including phenoxy) is 1. The molecule has 0 spiro atoms. The first-order valence-electron chi connectivity index (χ1n) is 8.48. The molecule has 0 aromatic heterocycles. The molecule has 3 aromatic carbocycles. The van der Waals surface area contributed by atoms with Crippen molar-refractivity contribution in [1.29, 1.82) is 0 Å². The fourth-order valence-electron chi connectivity index (χ4n) is 3.33. The number of carbonyl (C=O) groups excluding carboxylic acids is 1. The summed E-state index contributed by atoms with van der Waals surface area (Å²) in [6.45, 7) is 3.72. The molecule has 0 saturated carbocycles. The molecule has 26 heavy (non-hydrogen) atoms. The Bertz CT molecular complexity index is 1000. The molecule has 3 heteroatoms. The van der Waals surface area contributed by atoms with Crippen LogP contribution in [-0.4, -0.2) is 5.97 Å². The maximum atomic E-state index is 12.4. The Morgan fingerprint density at radius 2 is 1.69 bits per heavy atom. The van der Waals surface area contributed by atoms with Crippen molar-refractivity contribution >= 4 is 21.9 Å². The minimum absolute atomic E-state index is 0.339. The average Bonchev–Trinajstić information content (AvgIpc) is 2.99. The highest BCUT2D eigenvalue weighted by atomic mass is 79.9. The molecule has 0 bridgehead atoms. The summed E-state index contributed by atoms with van der Waals surface area (Å²) in [6, 6.07) is 19.6. The van der Waals surface area contributed by atoms with Crippen LogP contribution >= 0.6 is 15.9 Å². The van der Waals surface area contributed by atoms with Crippen LogP contribution in [-0.2, 0) is 12.8 Å². The molecule has 4 rings (SSSR count). The topological polar surface area (TPSA) is 26.3 Å². The van der Waals surface area contributed by atoms with Gasteiger partial charge in [0.2, 0.25) is 0 Å². The molecule has 0 radical (unpaired) electrons. The smallest absolute Gasteiger partial charge is 0.343 e. The van der Waals surface area contributed by atoms with E-state index in [1.54, 1.807) is 12.1 Å². The quantitative estimate of drug-likeness (QED) is 0.238. The van der Waals surface area contributed by atoms with Gasteiger partial charge in [0.05, 0.1) is 5.56 Å². The third kappa shape index (κ3) is 3.23. The van der Waals surface area contributed by atoms with Gasteiger partial charge in [-0.25, -0.2) is 4.79 Å². The molecule has 0 unspecified atom stereocenters. The van der Waals surface area contributed by atoms with Crippen molar-refractivity contribution in [3.05, 3.63) is 100 Å². The largest absolute Gasteiger partial charge is 0.423 e. The summed E-state index contributed by atoms with van der Waals surface area (Å²) in [4.78, 5) is 12.4. The zero-order chi connectivity index (χ0) is 18.1. The molecule has 1 aliphatic carbocycles. The van der Waals surface area contributed by atoms with Gasteiger partial charge in [0.1, 0.15) is 5.75 Å². The third-order valence-corrected chi connectivity index (χ3v) is 5.09. The minimum Gasteiger partial charge on any atom is -0.423 e. The second-order valence-corrected chi connectivity index (χ2v) is 7.29. The number of hydrogen-bond donors (Lipinski definition) is 0. The van der Waals surface area contributed by atoms with Crippen LogP contribution in [0.2, 0.25) is 0 Å². The number of fused-ring (bicyclic) bond motifs is 3. The van der Waals surface area contributed by atoms with Gasteiger partial charge in [-0.05, 0) is 77.1 Å². The zero-order valence-corrected chi connectivity index (χ0v) is 15.8. The van der Waals surface area contributed by atoms with Crippen LogP contribution in [0.25, 0.3) is 11.1 Å². The predicted octanol–water partition coefficient (Wildman–Crippen LogP) is 5.97. The molecular weight excluding hydrogens is 388 g/mol. The summed E-state index contributed by atoms with van der Waals surface area (Å²) in [5.41, 5.74) is 6.60. The summed E-state index contributed by atoms with van der Waals surface area (Å²) >= 11 is 3.52. The average molecular weight is 405 g/mol. The summed E-state index contributed by atoms with van der Waals surface area (Å²) in [5.74, 6) is 0.240. The Hall–Kier alpha value is -2.65. The van der Waals surface area contributed by atoms with E-state index in [-0.39, 0.29) is 5.97 Å². The summed E-state index contributed by atoms with van der Waals surface area (Å²) in [5, 5.41) is 0. The van der Waals surface area contributed by atoms with Crippen molar-refractivity contribution in [2.75, 3.05) is 0 Å². The van der Waals surface area contributed by atoms with Crippen molar-refractivity contribution in [1.82, 2.24) is 0 Å². The second kappa shape index (κ2) is 6.93. The van der Waals surface area contributed by atoms with Crippen LogP contribution in [0.4, 0.5) is 0 Å². The molecule has 3 aromatic rings. The van der Waals surface area contributed by atoms with E-state index in [0.717, 1.165) is 22.9 Å². The Labute approximate surface area is 161 Å². The first-order chi connectivity index (χ1) is 12.6. The normalized spacial score (nSPS) is 11.6.